The highest BCUT2D eigenvalue weighted by molar-refractivity contribution is 7.90. The highest BCUT2D eigenvalue weighted by Crippen LogP contribution is 2.33. The van der Waals surface area contributed by atoms with E-state index in [0.29, 0.717) is 10.7 Å². The molecular weight excluding hydrogens is 376 g/mol. The summed E-state index contributed by atoms with van der Waals surface area (Å²) in [6.07, 6.45) is 0. The van der Waals surface area contributed by atoms with Gasteiger partial charge in [0.05, 0.1) is 5.56 Å². The Morgan fingerprint density at radius 3 is 2.50 bits per heavy atom. The SMILES string of the molecule is Cc1ccc(Cl)cc1NC(=O)c1ccc2c(c1)S(=O)(=O)N(C(C)C)C2=O. The minimum atomic E-state index is -3.96. The Morgan fingerprint density at radius 2 is 1.85 bits per heavy atom. The molecular formula is C18H17ClN2O4S. The number of carbonyl (C=O) groups is 2. The first-order chi connectivity index (χ1) is 12.1. The van der Waals surface area contributed by atoms with Gasteiger partial charge in [0.15, 0.2) is 0 Å². The molecule has 0 spiro atoms. The fraction of sp³-hybridized carbons (Fsp3) is 0.222. The van der Waals surface area contributed by atoms with E-state index >= 15 is 0 Å². The minimum Gasteiger partial charge on any atom is -0.322 e. The van der Waals surface area contributed by atoms with Gasteiger partial charge in [-0.05, 0) is 56.7 Å². The van der Waals surface area contributed by atoms with E-state index in [4.69, 9.17) is 11.6 Å². The molecule has 1 N–H and O–H groups in total. The Kier molecular flexibility index (Phi) is 4.54. The zero-order valence-electron chi connectivity index (χ0n) is 14.4. The van der Waals surface area contributed by atoms with Crippen LogP contribution in [0.1, 0.15) is 40.1 Å². The summed E-state index contributed by atoms with van der Waals surface area (Å²) in [5, 5.41) is 3.19. The number of amides is 2. The molecule has 2 amide bonds. The van der Waals surface area contributed by atoms with Crippen LogP contribution in [0.4, 0.5) is 5.69 Å². The Labute approximate surface area is 156 Å². The molecule has 0 saturated carbocycles. The number of fused-ring (bicyclic) bond motifs is 1. The number of halogens is 1. The number of carbonyl (C=O) groups excluding carboxylic acids is 2. The van der Waals surface area contributed by atoms with Gasteiger partial charge in [-0.25, -0.2) is 12.7 Å². The fourth-order valence-electron chi connectivity index (χ4n) is 2.82. The number of aryl methyl sites for hydroxylation is 1. The zero-order chi connectivity index (χ0) is 19.2. The van der Waals surface area contributed by atoms with Crippen molar-refractivity contribution in [1.82, 2.24) is 4.31 Å². The van der Waals surface area contributed by atoms with Gasteiger partial charge in [0, 0.05) is 22.3 Å². The van der Waals surface area contributed by atoms with Crippen LogP contribution < -0.4 is 5.32 Å². The molecule has 1 aliphatic rings. The molecule has 8 heteroatoms. The number of sulfonamides is 1. The summed E-state index contributed by atoms with van der Waals surface area (Å²) in [7, 11) is -3.96. The topological polar surface area (TPSA) is 83.6 Å². The standard InChI is InChI=1S/C18H17ClN2O4S/c1-10(2)21-18(23)14-7-5-12(8-16(14)26(21,24)25)17(22)20-15-9-13(19)6-4-11(15)3/h4-10H,1-3H3,(H,20,22). The number of anilines is 1. The van der Waals surface area contributed by atoms with Crippen LogP contribution >= 0.6 is 11.6 Å². The van der Waals surface area contributed by atoms with Crippen molar-refractivity contribution < 1.29 is 18.0 Å². The molecule has 0 aliphatic carbocycles. The zero-order valence-corrected chi connectivity index (χ0v) is 16.0. The van der Waals surface area contributed by atoms with Crippen LogP contribution in [0.3, 0.4) is 0 Å². The second kappa shape index (κ2) is 6.41. The molecule has 2 aromatic carbocycles. The first-order valence-corrected chi connectivity index (χ1v) is 9.75. The van der Waals surface area contributed by atoms with Crippen LogP contribution in [-0.4, -0.2) is 30.6 Å². The molecule has 1 aliphatic heterocycles. The molecule has 0 fully saturated rings. The van der Waals surface area contributed by atoms with Gasteiger partial charge in [-0.15, -0.1) is 0 Å². The van der Waals surface area contributed by atoms with Crippen LogP contribution in [0.25, 0.3) is 0 Å². The van der Waals surface area contributed by atoms with E-state index in [1.54, 1.807) is 32.0 Å². The summed E-state index contributed by atoms with van der Waals surface area (Å²) in [6.45, 7) is 5.06. The highest BCUT2D eigenvalue weighted by Gasteiger charge is 2.42. The third-order valence-electron chi connectivity index (χ3n) is 4.13. The second-order valence-electron chi connectivity index (χ2n) is 6.32. The lowest BCUT2D eigenvalue weighted by Crippen LogP contribution is -2.36. The van der Waals surface area contributed by atoms with E-state index in [-0.39, 0.29) is 16.0 Å². The molecule has 0 atom stereocenters. The Balaban J connectivity index is 1.98. The molecule has 2 aromatic rings. The van der Waals surface area contributed by atoms with Crippen LogP contribution in [0, 0.1) is 6.92 Å². The van der Waals surface area contributed by atoms with E-state index < -0.39 is 27.9 Å². The Bertz CT molecular complexity index is 1030. The average molecular weight is 393 g/mol. The lowest BCUT2D eigenvalue weighted by atomic mass is 10.1. The molecule has 0 radical (unpaired) electrons. The monoisotopic (exact) mass is 392 g/mol. The summed E-state index contributed by atoms with van der Waals surface area (Å²) in [5.74, 6) is -1.06. The maximum absolute atomic E-state index is 12.6. The van der Waals surface area contributed by atoms with Gasteiger partial charge < -0.3 is 5.32 Å². The molecule has 0 saturated heterocycles. The summed E-state index contributed by atoms with van der Waals surface area (Å²) in [5.41, 5.74) is 1.57. The van der Waals surface area contributed by atoms with Crippen molar-refractivity contribution in [2.75, 3.05) is 5.32 Å². The van der Waals surface area contributed by atoms with Gasteiger partial charge in [-0.1, -0.05) is 17.7 Å². The highest BCUT2D eigenvalue weighted by atomic mass is 35.5. The smallest absolute Gasteiger partial charge is 0.269 e. The van der Waals surface area contributed by atoms with Gasteiger partial charge >= 0.3 is 0 Å². The van der Waals surface area contributed by atoms with Crippen LogP contribution in [0.5, 0.6) is 0 Å². The van der Waals surface area contributed by atoms with E-state index in [1.807, 2.05) is 6.92 Å². The van der Waals surface area contributed by atoms with Crippen molar-refractivity contribution in [3.63, 3.8) is 0 Å². The van der Waals surface area contributed by atoms with Crippen molar-refractivity contribution >= 4 is 39.1 Å². The van der Waals surface area contributed by atoms with Gasteiger partial charge in [0.2, 0.25) is 0 Å². The third kappa shape index (κ3) is 2.97. The predicted molar refractivity (Wildman–Crippen MR) is 99.1 cm³/mol. The van der Waals surface area contributed by atoms with Crippen LogP contribution in [0.15, 0.2) is 41.3 Å². The lowest BCUT2D eigenvalue weighted by Gasteiger charge is -2.18. The van der Waals surface area contributed by atoms with E-state index in [0.717, 1.165) is 9.87 Å². The van der Waals surface area contributed by atoms with Crippen molar-refractivity contribution in [1.29, 1.82) is 0 Å². The quantitative estimate of drug-likeness (QED) is 0.867. The molecule has 6 nitrogen and oxygen atoms in total. The molecule has 136 valence electrons. The Hall–Kier alpha value is -2.38. The number of benzene rings is 2. The van der Waals surface area contributed by atoms with E-state index in [9.17, 15) is 18.0 Å². The maximum Gasteiger partial charge on any atom is 0.269 e. The van der Waals surface area contributed by atoms with Crippen LogP contribution in [0.2, 0.25) is 5.02 Å². The van der Waals surface area contributed by atoms with Gasteiger partial charge in [-0.2, -0.15) is 0 Å². The molecule has 1 heterocycles. The number of nitrogens with zero attached hydrogens (tertiary/aromatic N) is 1. The molecule has 0 bridgehead atoms. The van der Waals surface area contributed by atoms with Crippen molar-refractivity contribution in [3.8, 4) is 0 Å². The largest absolute Gasteiger partial charge is 0.322 e. The molecule has 3 rings (SSSR count). The summed E-state index contributed by atoms with van der Waals surface area (Å²) < 4.78 is 26.1. The van der Waals surface area contributed by atoms with Crippen molar-refractivity contribution in [2.45, 2.75) is 31.7 Å². The van der Waals surface area contributed by atoms with Gasteiger partial charge in [-0.3, -0.25) is 9.59 Å². The summed E-state index contributed by atoms with van der Waals surface area (Å²) in [4.78, 5) is 24.7. The second-order valence-corrected chi connectivity index (χ2v) is 8.54. The molecule has 0 aromatic heterocycles. The third-order valence-corrected chi connectivity index (χ3v) is 6.36. The fourth-order valence-corrected chi connectivity index (χ4v) is 4.79. The summed E-state index contributed by atoms with van der Waals surface area (Å²) in [6, 6.07) is 8.63. The molecule has 0 unspecified atom stereocenters. The first-order valence-electron chi connectivity index (χ1n) is 7.93. The Morgan fingerprint density at radius 1 is 1.15 bits per heavy atom. The molecule has 26 heavy (non-hydrogen) atoms. The number of nitrogens with one attached hydrogen (secondary N) is 1. The van der Waals surface area contributed by atoms with E-state index in [1.165, 1.54) is 18.2 Å². The normalized spacial score (nSPS) is 15.3. The summed E-state index contributed by atoms with van der Waals surface area (Å²) >= 11 is 5.95. The minimum absolute atomic E-state index is 0.0780. The number of rotatable bonds is 3. The van der Waals surface area contributed by atoms with Crippen molar-refractivity contribution in [3.05, 3.63) is 58.1 Å². The predicted octanol–water partition coefficient (Wildman–Crippen LogP) is 3.45. The first kappa shape index (κ1) is 18.4. The van der Waals surface area contributed by atoms with Gasteiger partial charge in [0.25, 0.3) is 21.8 Å². The van der Waals surface area contributed by atoms with E-state index in [2.05, 4.69) is 5.32 Å². The maximum atomic E-state index is 12.6. The average Bonchev–Trinajstić information content (AvgIpc) is 2.76. The number of hydrogen-bond acceptors (Lipinski definition) is 4. The van der Waals surface area contributed by atoms with Crippen molar-refractivity contribution in [2.24, 2.45) is 0 Å². The van der Waals surface area contributed by atoms with Gasteiger partial charge in [0.1, 0.15) is 4.90 Å². The number of hydrogen-bond donors (Lipinski definition) is 1. The van der Waals surface area contributed by atoms with Crippen LogP contribution in [-0.2, 0) is 10.0 Å². The lowest BCUT2D eigenvalue weighted by molar-refractivity contribution is 0.0846.